The van der Waals surface area contributed by atoms with Crippen LogP contribution in [-0.2, 0) is 0 Å². The number of hydrogen-bond donors (Lipinski definition) is 2. The first-order valence-electron chi connectivity index (χ1n) is 7.08. The Morgan fingerprint density at radius 3 is 2.41 bits per heavy atom. The zero-order chi connectivity index (χ0) is 12.1. The zero-order valence-corrected chi connectivity index (χ0v) is 10.7. The van der Waals surface area contributed by atoms with Crippen molar-refractivity contribution in [3.8, 4) is 0 Å². The van der Waals surface area contributed by atoms with Crippen LogP contribution in [0.15, 0.2) is 0 Å². The van der Waals surface area contributed by atoms with Gasteiger partial charge >= 0.3 is 6.03 Å². The molecule has 4 heteroatoms. The van der Waals surface area contributed by atoms with Gasteiger partial charge in [-0.15, -0.1) is 0 Å². The monoisotopic (exact) mass is 239 g/mol. The molecule has 0 aromatic heterocycles. The largest absolute Gasteiger partial charge is 0.334 e. The molecule has 1 aliphatic carbocycles. The fourth-order valence-electron chi connectivity index (χ4n) is 2.86. The summed E-state index contributed by atoms with van der Waals surface area (Å²) in [7, 11) is 0. The molecule has 0 aromatic rings. The van der Waals surface area contributed by atoms with Gasteiger partial charge in [-0.3, -0.25) is 0 Å². The molecular formula is C13H25N3O. The Kier molecular flexibility index (Phi) is 4.66. The number of likely N-dealkylation sites (tertiary alicyclic amines) is 1. The van der Waals surface area contributed by atoms with E-state index in [4.69, 9.17) is 5.73 Å². The quantitative estimate of drug-likeness (QED) is 0.686. The van der Waals surface area contributed by atoms with E-state index in [1.165, 1.54) is 25.7 Å². The fraction of sp³-hybridized carbons (Fsp3) is 0.923. The van der Waals surface area contributed by atoms with E-state index < -0.39 is 0 Å². The third-order valence-electron chi connectivity index (χ3n) is 4.02. The van der Waals surface area contributed by atoms with Crippen LogP contribution in [0.3, 0.4) is 0 Å². The van der Waals surface area contributed by atoms with Crippen molar-refractivity contribution < 1.29 is 4.79 Å². The van der Waals surface area contributed by atoms with Crippen molar-refractivity contribution in [2.24, 2.45) is 5.73 Å². The summed E-state index contributed by atoms with van der Waals surface area (Å²) >= 11 is 0. The van der Waals surface area contributed by atoms with Gasteiger partial charge in [-0.1, -0.05) is 19.3 Å². The lowest BCUT2D eigenvalue weighted by Gasteiger charge is -2.30. The van der Waals surface area contributed by atoms with Gasteiger partial charge in [0.05, 0.1) is 0 Å². The fourth-order valence-corrected chi connectivity index (χ4v) is 2.86. The molecule has 0 spiro atoms. The normalized spacial score (nSPS) is 30.8. The van der Waals surface area contributed by atoms with E-state index in [9.17, 15) is 4.79 Å². The van der Waals surface area contributed by atoms with Gasteiger partial charge in [-0.05, 0) is 32.1 Å². The van der Waals surface area contributed by atoms with Crippen LogP contribution in [0.4, 0.5) is 4.79 Å². The van der Waals surface area contributed by atoms with E-state index in [2.05, 4.69) is 5.32 Å². The molecule has 0 aromatic carbocycles. The van der Waals surface area contributed by atoms with E-state index in [0.29, 0.717) is 0 Å². The highest BCUT2D eigenvalue weighted by atomic mass is 16.2. The van der Waals surface area contributed by atoms with Gasteiger partial charge in [0.2, 0.25) is 0 Å². The van der Waals surface area contributed by atoms with Crippen LogP contribution in [0, 0.1) is 0 Å². The molecule has 4 nitrogen and oxygen atoms in total. The molecule has 3 N–H and O–H groups in total. The van der Waals surface area contributed by atoms with Crippen LogP contribution >= 0.6 is 0 Å². The van der Waals surface area contributed by atoms with Crippen LogP contribution in [0.5, 0.6) is 0 Å². The summed E-state index contributed by atoms with van der Waals surface area (Å²) in [5, 5.41) is 3.14. The second-order valence-electron chi connectivity index (χ2n) is 5.41. The van der Waals surface area contributed by atoms with E-state index >= 15 is 0 Å². The Morgan fingerprint density at radius 1 is 1.00 bits per heavy atom. The van der Waals surface area contributed by atoms with Gasteiger partial charge in [-0.25, -0.2) is 4.79 Å². The molecule has 98 valence electrons. The lowest BCUT2D eigenvalue weighted by molar-refractivity contribution is 0.180. The number of piperidine rings is 1. The topological polar surface area (TPSA) is 58.4 Å². The molecule has 2 aliphatic rings. The van der Waals surface area contributed by atoms with Gasteiger partial charge in [0.1, 0.15) is 0 Å². The molecule has 1 aliphatic heterocycles. The van der Waals surface area contributed by atoms with Crippen LogP contribution < -0.4 is 11.1 Å². The first-order valence-corrected chi connectivity index (χ1v) is 7.08. The Bertz CT molecular complexity index is 251. The van der Waals surface area contributed by atoms with E-state index in [1.54, 1.807) is 0 Å². The highest BCUT2D eigenvalue weighted by Gasteiger charge is 2.24. The Balaban J connectivity index is 1.83. The van der Waals surface area contributed by atoms with E-state index in [-0.39, 0.29) is 18.1 Å². The molecule has 2 unspecified atom stereocenters. The number of rotatable bonds is 1. The van der Waals surface area contributed by atoms with Crippen LogP contribution in [0.2, 0.25) is 0 Å². The van der Waals surface area contributed by atoms with Crippen molar-refractivity contribution in [3.05, 3.63) is 0 Å². The number of amides is 2. The molecule has 2 fully saturated rings. The molecular weight excluding hydrogens is 214 g/mol. The Morgan fingerprint density at radius 2 is 1.65 bits per heavy atom. The van der Waals surface area contributed by atoms with Crippen LogP contribution in [0.1, 0.15) is 51.4 Å². The second-order valence-corrected chi connectivity index (χ2v) is 5.41. The molecule has 1 heterocycles. The van der Waals surface area contributed by atoms with Gasteiger partial charge in [0, 0.05) is 25.2 Å². The Labute approximate surface area is 104 Å². The lowest BCUT2D eigenvalue weighted by Crippen LogP contribution is -2.52. The number of carbonyl (C=O) groups excluding carboxylic acids is 1. The molecule has 2 rings (SSSR count). The summed E-state index contributed by atoms with van der Waals surface area (Å²) < 4.78 is 0. The predicted molar refractivity (Wildman–Crippen MR) is 68.8 cm³/mol. The molecule has 0 bridgehead atoms. The van der Waals surface area contributed by atoms with Crippen molar-refractivity contribution in [1.29, 1.82) is 0 Å². The number of hydrogen-bond acceptors (Lipinski definition) is 2. The zero-order valence-electron chi connectivity index (χ0n) is 10.7. The van der Waals surface area contributed by atoms with Crippen molar-refractivity contribution in [1.82, 2.24) is 10.2 Å². The highest BCUT2D eigenvalue weighted by molar-refractivity contribution is 5.74. The van der Waals surface area contributed by atoms with Crippen molar-refractivity contribution in [2.45, 2.75) is 63.5 Å². The van der Waals surface area contributed by atoms with Gasteiger partial charge in [-0.2, -0.15) is 0 Å². The molecule has 1 saturated carbocycles. The maximum absolute atomic E-state index is 12.1. The molecule has 0 radical (unpaired) electrons. The molecule has 17 heavy (non-hydrogen) atoms. The lowest BCUT2D eigenvalue weighted by atomic mass is 10.0. The predicted octanol–water partition coefficient (Wildman–Crippen LogP) is 1.84. The summed E-state index contributed by atoms with van der Waals surface area (Å²) in [4.78, 5) is 14.0. The minimum absolute atomic E-state index is 0.104. The first-order chi connectivity index (χ1) is 8.27. The maximum atomic E-state index is 12.1. The summed E-state index contributed by atoms with van der Waals surface area (Å²) in [6.07, 6.45) is 9.28. The van der Waals surface area contributed by atoms with E-state index in [0.717, 1.165) is 38.8 Å². The number of nitrogens with two attached hydrogens (primary N) is 1. The number of urea groups is 1. The number of carbonyl (C=O) groups is 1. The van der Waals surface area contributed by atoms with E-state index in [1.807, 2.05) is 4.90 Å². The number of nitrogens with zero attached hydrogens (tertiary/aromatic N) is 1. The van der Waals surface area contributed by atoms with Crippen LogP contribution in [-0.4, -0.2) is 36.1 Å². The number of nitrogens with one attached hydrogen (secondary N) is 1. The van der Waals surface area contributed by atoms with Gasteiger partial charge < -0.3 is 16.0 Å². The standard InChI is InChI=1S/C13H25N3O/c14-11-7-3-1-4-8-12(11)15-13(17)16-9-5-2-6-10-16/h11-12H,1-10,14H2,(H,15,17). The third-order valence-corrected chi connectivity index (χ3v) is 4.02. The Hall–Kier alpha value is -0.770. The average Bonchev–Trinajstić information content (AvgIpc) is 2.56. The second kappa shape index (κ2) is 6.24. The summed E-state index contributed by atoms with van der Waals surface area (Å²) in [5.41, 5.74) is 6.12. The van der Waals surface area contributed by atoms with Gasteiger partial charge in [0.15, 0.2) is 0 Å². The van der Waals surface area contributed by atoms with Crippen molar-refractivity contribution in [2.75, 3.05) is 13.1 Å². The highest BCUT2D eigenvalue weighted by Crippen LogP contribution is 2.17. The third kappa shape index (κ3) is 3.60. The SMILES string of the molecule is NC1CCCCCC1NC(=O)N1CCCCC1. The van der Waals surface area contributed by atoms with Crippen molar-refractivity contribution >= 4 is 6.03 Å². The molecule has 2 atom stereocenters. The summed E-state index contributed by atoms with van der Waals surface area (Å²) in [6, 6.07) is 0.435. The van der Waals surface area contributed by atoms with Crippen molar-refractivity contribution in [3.63, 3.8) is 0 Å². The molecule has 2 amide bonds. The van der Waals surface area contributed by atoms with Crippen LogP contribution in [0.25, 0.3) is 0 Å². The maximum Gasteiger partial charge on any atom is 0.317 e. The minimum atomic E-state index is 0.104. The first kappa shape index (κ1) is 12.7. The average molecular weight is 239 g/mol. The summed E-state index contributed by atoms with van der Waals surface area (Å²) in [5.74, 6) is 0. The molecule has 1 saturated heterocycles. The minimum Gasteiger partial charge on any atom is -0.334 e. The summed E-state index contributed by atoms with van der Waals surface area (Å²) in [6.45, 7) is 1.82. The van der Waals surface area contributed by atoms with Gasteiger partial charge in [0.25, 0.3) is 0 Å². The smallest absolute Gasteiger partial charge is 0.317 e.